The maximum Gasteiger partial charge on any atom is 0.326 e. The van der Waals surface area contributed by atoms with E-state index in [1.54, 1.807) is 13.0 Å². The first kappa shape index (κ1) is 15.4. The molecule has 1 aromatic rings. The third-order valence-electron chi connectivity index (χ3n) is 2.57. The van der Waals surface area contributed by atoms with Crippen molar-refractivity contribution in [3.05, 3.63) is 33.2 Å². The van der Waals surface area contributed by atoms with Gasteiger partial charge in [0.15, 0.2) is 0 Å². The van der Waals surface area contributed by atoms with Crippen LogP contribution in [0.5, 0.6) is 0 Å². The number of amides is 1. The van der Waals surface area contributed by atoms with E-state index in [4.69, 9.17) is 10.2 Å². The van der Waals surface area contributed by atoms with E-state index in [2.05, 4.69) is 4.98 Å². The molecule has 20 heavy (non-hydrogen) atoms. The van der Waals surface area contributed by atoms with Crippen molar-refractivity contribution < 1.29 is 24.6 Å². The number of pyridine rings is 1. The maximum atomic E-state index is 11.9. The van der Waals surface area contributed by atoms with Crippen molar-refractivity contribution in [2.45, 2.75) is 26.3 Å². The Labute approximate surface area is 113 Å². The highest BCUT2D eigenvalue weighted by atomic mass is 16.4. The van der Waals surface area contributed by atoms with E-state index in [9.17, 15) is 19.2 Å². The molecule has 0 saturated heterocycles. The van der Waals surface area contributed by atoms with E-state index in [0.717, 1.165) is 0 Å². The van der Waals surface area contributed by atoms with Gasteiger partial charge >= 0.3 is 11.9 Å². The highest BCUT2D eigenvalue weighted by molar-refractivity contribution is 5.98. The number of nitrogens with one attached hydrogen (secondary N) is 2. The molecule has 0 aliphatic heterocycles. The minimum Gasteiger partial charge on any atom is -0.481 e. The fraction of sp³-hybridized carbons (Fsp3) is 0.333. The molecule has 1 atom stereocenters. The van der Waals surface area contributed by atoms with Gasteiger partial charge in [0.05, 0.1) is 6.42 Å². The zero-order valence-electron chi connectivity index (χ0n) is 10.9. The lowest BCUT2D eigenvalue weighted by Gasteiger charge is -2.13. The molecule has 0 radical (unpaired) electrons. The molecule has 1 heterocycles. The van der Waals surface area contributed by atoms with Crippen LogP contribution in [-0.2, 0) is 9.59 Å². The van der Waals surface area contributed by atoms with Gasteiger partial charge in [-0.2, -0.15) is 0 Å². The zero-order valence-corrected chi connectivity index (χ0v) is 10.9. The quantitative estimate of drug-likeness (QED) is 0.582. The number of aromatic nitrogens is 1. The number of aryl methyl sites for hydroxylation is 2. The van der Waals surface area contributed by atoms with Crippen LogP contribution in [-0.4, -0.2) is 39.1 Å². The molecule has 8 heteroatoms. The van der Waals surface area contributed by atoms with E-state index >= 15 is 0 Å². The Morgan fingerprint density at radius 1 is 1.30 bits per heavy atom. The predicted molar refractivity (Wildman–Crippen MR) is 67.7 cm³/mol. The van der Waals surface area contributed by atoms with Gasteiger partial charge in [-0.3, -0.25) is 14.4 Å². The highest BCUT2D eigenvalue weighted by Gasteiger charge is 2.25. The highest BCUT2D eigenvalue weighted by Crippen LogP contribution is 2.04. The number of H-pyrrole nitrogens is 1. The van der Waals surface area contributed by atoms with Crippen molar-refractivity contribution in [2.75, 3.05) is 0 Å². The van der Waals surface area contributed by atoms with Crippen molar-refractivity contribution in [1.29, 1.82) is 0 Å². The largest absolute Gasteiger partial charge is 0.481 e. The molecule has 8 nitrogen and oxygen atoms in total. The SMILES string of the molecule is Cc1cc(C)c(C(=O)N[C@H](CC(=O)O)C(=O)O)c(=O)[nH]1. The van der Waals surface area contributed by atoms with E-state index in [1.807, 2.05) is 5.32 Å². The van der Waals surface area contributed by atoms with Gasteiger partial charge in [0.25, 0.3) is 11.5 Å². The van der Waals surface area contributed by atoms with Gasteiger partial charge in [-0.1, -0.05) is 0 Å². The molecule has 0 spiro atoms. The average molecular weight is 282 g/mol. The van der Waals surface area contributed by atoms with Crippen molar-refractivity contribution in [3.8, 4) is 0 Å². The molecular formula is C12H14N2O6. The summed E-state index contributed by atoms with van der Waals surface area (Å²) in [5, 5.41) is 19.4. The molecule has 0 aliphatic carbocycles. The van der Waals surface area contributed by atoms with Crippen molar-refractivity contribution in [2.24, 2.45) is 0 Å². The van der Waals surface area contributed by atoms with Crippen LogP contribution in [0.25, 0.3) is 0 Å². The summed E-state index contributed by atoms with van der Waals surface area (Å²) in [4.78, 5) is 47.4. The van der Waals surface area contributed by atoms with E-state index in [-0.39, 0.29) is 5.56 Å². The molecular weight excluding hydrogens is 268 g/mol. The molecule has 1 rings (SSSR count). The number of carboxylic acids is 2. The summed E-state index contributed by atoms with van der Waals surface area (Å²) in [7, 11) is 0. The second kappa shape index (κ2) is 6.00. The van der Waals surface area contributed by atoms with E-state index in [0.29, 0.717) is 11.3 Å². The van der Waals surface area contributed by atoms with Crippen LogP contribution in [0.1, 0.15) is 28.0 Å². The summed E-state index contributed by atoms with van der Waals surface area (Å²) < 4.78 is 0. The Balaban J connectivity index is 3.04. The first-order chi connectivity index (χ1) is 9.22. The Hall–Kier alpha value is -2.64. The lowest BCUT2D eigenvalue weighted by molar-refractivity contribution is -0.145. The Morgan fingerprint density at radius 3 is 2.35 bits per heavy atom. The molecule has 4 N–H and O–H groups in total. The van der Waals surface area contributed by atoms with Crippen molar-refractivity contribution in [3.63, 3.8) is 0 Å². The number of hydrogen-bond donors (Lipinski definition) is 4. The number of carbonyl (C=O) groups excluding carboxylic acids is 1. The monoisotopic (exact) mass is 282 g/mol. The summed E-state index contributed by atoms with van der Waals surface area (Å²) in [6, 6.07) is -0.0383. The standard InChI is InChI=1S/C12H14N2O6/c1-5-3-6(2)13-10(17)9(5)11(18)14-7(12(19)20)4-8(15)16/h3,7H,4H2,1-2H3,(H,13,17)(H,14,18)(H,15,16)(H,19,20)/t7-/m1/s1. The van der Waals surface area contributed by atoms with Crippen LogP contribution < -0.4 is 10.9 Å². The molecule has 1 aromatic heterocycles. The summed E-state index contributed by atoms with van der Waals surface area (Å²) in [6.07, 6.45) is -0.774. The number of aromatic amines is 1. The Morgan fingerprint density at radius 2 is 1.90 bits per heavy atom. The fourth-order valence-corrected chi connectivity index (χ4v) is 1.74. The number of aliphatic carboxylic acids is 2. The lowest BCUT2D eigenvalue weighted by atomic mass is 10.1. The van der Waals surface area contributed by atoms with Crippen LogP contribution in [0.15, 0.2) is 10.9 Å². The van der Waals surface area contributed by atoms with Gasteiger partial charge in [-0.05, 0) is 25.5 Å². The molecule has 0 aromatic carbocycles. The van der Waals surface area contributed by atoms with Crippen molar-refractivity contribution in [1.82, 2.24) is 10.3 Å². The second-order valence-corrected chi connectivity index (χ2v) is 4.30. The number of hydrogen-bond acceptors (Lipinski definition) is 4. The minimum absolute atomic E-state index is 0.229. The predicted octanol–water partition coefficient (Wildman–Crippen LogP) is -0.351. The summed E-state index contributed by atoms with van der Waals surface area (Å²) >= 11 is 0. The third kappa shape index (κ3) is 3.67. The van der Waals surface area contributed by atoms with Gasteiger partial charge in [0.1, 0.15) is 11.6 Å². The molecule has 0 saturated carbocycles. The first-order valence-electron chi connectivity index (χ1n) is 5.68. The lowest BCUT2D eigenvalue weighted by Crippen LogP contribution is -2.44. The number of carbonyl (C=O) groups is 3. The van der Waals surface area contributed by atoms with E-state index < -0.39 is 35.9 Å². The first-order valence-corrected chi connectivity index (χ1v) is 5.68. The van der Waals surface area contributed by atoms with Crippen LogP contribution in [0.2, 0.25) is 0 Å². The van der Waals surface area contributed by atoms with Crippen molar-refractivity contribution >= 4 is 17.8 Å². The van der Waals surface area contributed by atoms with Gasteiger partial charge < -0.3 is 20.5 Å². The summed E-state index contributed by atoms with van der Waals surface area (Å²) in [5.41, 5.74) is 0.0549. The Bertz CT molecular complexity index is 619. The van der Waals surface area contributed by atoms with Crippen LogP contribution in [0.3, 0.4) is 0 Å². The third-order valence-corrected chi connectivity index (χ3v) is 2.57. The fourth-order valence-electron chi connectivity index (χ4n) is 1.74. The van der Waals surface area contributed by atoms with Crippen LogP contribution >= 0.6 is 0 Å². The van der Waals surface area contributed by atoms with Crippen LogP contribution in [0.4, 0.5) is 0 Å². The molecule has 1 amide bonds. The molecule has 108 valence electrons. The molecule has 0 aliphatic rings. The van der Waals surface area contributed by atoms with E-state index in [1.165, 1.54) is 6.92 Å². The van der Waals surface area contributed by atoms with Gasteiger partial charge in [0, 0.05) is 5.69 Å². The molecule has 0 bridgehead atoms. The Kier molecular flexibility index (Phi) is 4.63. The summed E-state index contributed by atoms with van der Waals surface area (Å²) in [5.74, 6) is -3.77. The average Bonchev–Trinajstić information content (AvgIpc) is 2.25. The van der Waals surface area contributed by atoms with Gasteiger partial charge in [-0.25, -0.2) is 4.79 Å². The minimum atomic E-state index is -1.60. The molecule has 0 unspecified atom stereocenters. The zero-order chi connectivity index (χ0) is 15.4. The molecule has 0 fully saturated rings. The van der Waals surface area contributed by atoms with Gasteiger partial charge in [0.2, 0.25) is 0 Å². The number of rotatable bonds is 5. The summed E-state index contributed by atoms with van der Waals surface area (Å²) in [6.45, 7) is 3.17. The topological polar surface area (TPSA) is 137 Å². The normalized spacial score (nSPS) is 11.7. The van der Waals surface area contributed by atoms with Crippen LogP contribution in [0, 0.1) is 13.8 Å². The smallest absolute Gasteiger partial charge is 0.326 e. The second-order valence-electron chi connectivity index (χ2n) is 4.30. The number of carboxylic acid groups (broad SMARTS) is 2. The maximum absolute atomic E-state index is 11.9. The van der Waals surface area contributed by atoms with Gasteiger partial charge in [-0.15, -0.1) is 0 Å².